The molecule has 0 aliphatic heterocycles. The Kier molecular flexibility index (Phi) is 9.02. The van der Waals surface area contributed by atoms with Gasteiger partial charge in [-0.15, -0.1) is 0 Å². The van der Waals surface area contributed by atoms with Crippen molar-refractivity contribution < 1.29 is 27.9 Å². The molecule has 0 heterocycles. The zero-order valence-corrected chi connectivity index (χ0v) is 21.4. The average molecular weight is 524 g/mol. The summed E-state index contributed by atoms with van der Waals surface area (Å²) >= 11 is 0. The highest BCUT2D eigenvalue weighted by Gasteiger charge is 2.29. The number of rotatable bonds is 10. The van der Waals surface area contributed by atoms with Crippen LogP contribution in [0.2, 0.25) is 0 Å². The molecule has 0 unspecified atom stereocenters. The van der Waals surface area contributed by atoms with Crippen molar-refractivity contribution in [3.8, 4) is 5.75 Å². The number of aromatic hydroxyl groups is 1. The number of phenolic OH excluding ortho intramolecular Hbond substituents is 1. The number of nitrogens with one attached hydrogen (secondary N) is 2. The predicted octanol–water partition coefficient (Wildman–Crippen LogP) is 3.09. The van der Waals surface area contributed by atoms with Crippen LogP contribution in [-0.2, 0) is 32.5 Å². The molecular formula is C27H29N3O6S. The summed E-state index contributed by atoms with van der Waals surface area (Å²) in [4.78, 5) is 38.8. The molecule has 0 radical (unpaired) electrons. The lowest BCUT2D eigenvalue weighted by atomic mass is 10.0. The lowest BCUT2D eigenvalue weighted by Crippen LogP contribution is -2.53. The zero-order chi connectivity index (χ0) is 27.0. The van der Waals surface area contributed by atoms with Crippen molar-refractivity contribution in [2.24, 2.45) is 0 Å². The van der Waals surface area contributed by atoms with Gasteiger partial charge in [-0.25, -0.2) is 17.9 Å². The van der Waals surface area contributed by atoms with E-state index in [4.69, 9.17) is 0 Å². The van der Waals surface area contributed by atoms with Gasteiger partial charge in [-0.1, -0.05) is 48.5 Å². The Hall–Kier alpha value is -4.18. The monoisotopic (exact) mass is 523 g/mol. The Bertz CT molecular complexity index is 1380. The molecule has 0 aliphatic carbocycles. The van der Waals surface area contributed by atoms with Gasteiger partial charge in [0.05, 0.1) is 4.90 Å². The second-order valence-corrected chi connectivity index (χ2v) is 10.0. The molecule has 3 N–H and O–H groups in total. The van der Waals surface area contributed by atoms with E-state index in [1.54, 1.807) is 56.3 Å². The Balaban J connectivity index is 1.89. The van der Waals surface area contributed by atoms with Gasteiger partial charge in [-0.2, -0.15) is 0 Å². The fourth-order valence-electron chi connectivity index (χ4n) is 3.92. The lowest BCUT2D eigenvalue weighted by Gasteiger charge is -2.27. The van der Waals surface area contributed by atoms with Gasteiger partial charge < -0.3 is 20.1 Å². The van der Waals surface area contributed by atoms with Gasteiger partial charge in [-0.05, 0) is 49.2 Å². The Morgan fingerprint density at radius 1 is 1.03 bits per heavy atom. The summed E-state index contributed by atoms with van der Waals surface area (Å²) in [7, 11) is -4.18. The van der Waals surface area contributed by atoms with Crippen molar-refractivity contribution in [2.75, 3.05) is 11.4 Å². The van der Waals surface area contributed by atoms with Gasteiger partial charge in [0, 0.05) is 30.6 Å². The van der Waals surface area contributed by atoms with Crippen LogP contribution in [0.25, 0.3) is 0 Å². The molecule has 9 nitrogen and oxygen atoms in total. The summed E-state index contributed by atoms with van der Waals surface area (Å²) < 4.78 is 27.6. The zero-order valence-electron chi connectivity index (χ0n) is 20.5. The molecule has 3 aromatic rings. The van der Waals surface area contributed by atoms with Crippen molar-refractivity contribution in [3.05, 3.63) is 89.5 Å². The van der Waals surface area contributed by atoms with Gasteiger partial charge in [0.1, 0.15) is 18.1 Å². The van der Waals surface area contributed by atoms with Crippen LogP contribution in [0.3, 0.4) is 0 Å². The van der Waals surface area contributed by atoms with Crippen molar-refractivity contribution in [3.63, 3.8) is 0 Å². The third-order valence-corrected chi connectivity index (χ3v) is 7.25. The van der Waals surface area contributed by atoms with E-state index >= 15 is 0 Å². The van der Waals surface area contributed by atoms with E-state index in [1.807, 2.05) is 10.8 Å². The number of hydrogen-bond donors (Lipinski definition) is 3. The third kappa shape index (κ3) is 6.95. The van der Waals surface area contributed by atoms with Gasteiger partial charge in [0.25, 0.3) is 10.0 Å². The number of amides is 3. The first-order chi connectivity index (χ1) is 17.7. The average Bonchev–Trinajstić information content (AvgIpc) is 2.86. The number of likely N-dealkylation sites (N-methyl/N-ethyl adjacent to an activating group) is 1. The van der Waals surface area contributed by atoms with Crippen LogP contribution < -0.4 is 14.9 Å². The molecule has 0 bridgehead atoms. The molecule has 37 heavy (non-hydrogen) atoms. The number of nitrogens with zero attached hydrogens (tertiary/aromatic N) is 1. The number of anilines is 1. The van der Waals surface area contributed by atoms with E-state index in [9.17, 15) is 27.9 Å². The smallest absolute Gasteiger partial charge is 0.329 e. The number of urea groups is 1. The van der Waals surface area contributed by atoms with Crippen molar-refractivity contribution in [1.82, 2.24) is 10.0 Å². The maximum atomic E-state index is 13.7. The first-order valence-electron chi connectivity index (χ1n) is 11.7. The SMILES string of the molecule is CCN(C(=O)[C@H](Cc1ccccc1)NC(=O)NS(=O)(=O)c1ccccc1C)c1ccc(O)c(CC=O)c1. The maximum absolute atomic E-state index is 13.7. The molecule has 0 fully saturated rings. The molecule has 0 aliphatic rings. The van der Waals surface area contributed by atoms with Crippen LogP contribution in [0, 0.1) is 6.92 Å². The predicted molar refractivity (Wildman–Crippen MR) is 140 cm³/mol. The molecule has 0 saturated heterocycles. The van der Waals surface area contributed by atoms with Crippen molar-refractivity contribution in [2.45, 2.75) is 37.6 Å². The Labute approximate surface area is 216 Å². The number of carbonyl (C=O) groups is 3. The van der Waals surface area contributed by atoms with Crippen LogP contribution in [0.15, 0.2) is 77.7 Å². The molecule has 0 saturated carbocycles. The minimum atomic E-state index is -4.18. The summed E-state index contributed by atoms with van der Waals surface area (Å²) in [6.45, 7) is 3.58. The summed E-state index contributed by atoms with van der Waals surface area (Å²) in [6, 6.07) is 17.5. The van der Waals surface area contributed by atoms with E-state index in [-0.39, 0.29) is 30.0 Å². The molecule has 194 valence electrons. The van der Waals surface area contributed by atoms with E-state index < -0.39 is 28.0 Å². The molecular weight excluding hydrogens is 494 g/mol. The largest absolute Gasteiger partial charge is 0.508 e. The first-order valence-corrected chi connectivity index (χ1v) is 13.1. The molecule has 3 aromatic carbocycles. The molecule has 3 amide bonds. The summed E-state index contributed by atoms with van der Waals surface area (Å²) in [5.41, 5.74) is 2.00. The van der Waals surface area contributed by atoms with Crippen LogP contribution in [-0.4, -0.2) is 44.3 Å². The second kappa shape index (κ2) is 12.2. The number of aryl methyl sites for hydroxylation is 1. The number of aldehydes is 1. The summed E-state index contributed by atoms with van der Waals surface area (Å²) in [5.74, 6) is -0.559. The number of benzene rings is 3. The van der Waals surface area contributed by atoms with Gasteiger partial charge in [-0.3, -0.25) is 4.79 Å². The van der Waals surface area contributed by atoms with Crippen LogP contribution in [0.4, 0.5) is 10.5 Å². The molecule has 0 aromatic heterocycles. The second-order valence-electron chi connectivity index (χ2n) is 8.35. The van der Waals surface area contributed by atoms with Gasteiger partial charge in [0.2, 0.25) is 5.91 Å². The highest BCUT2D eigenvalue weighted by atomic mass is 32.2. The fraction of sp³-hybridized carbons (Fsp3) is 0.222. The lowest BCUT2D eigenvalue weighted by molar-refractivity contribution is -0.120. The third-order valence-electron chi connectivity index (χ3n) is 5.76. The van der Waals surface area contributed by atoms with E-state index in [2.05, 4.69) is 5.32 Å². The number of hydrogen-bond acceptors (Lipinski definition) is 6. The van der Waals surface area contributed by atoms with Gasteiger partial charge >= 0.3 is 6.03 Å². The van der Waals surface area contributed by atoms with Crippen LogP contribution >= 0.6 is 0 Å². The normalized spacial score (nSPS) is 11.8. The minimum Gasteiger partial charge on any atom is -0.508 e. The molecule has 10 heteroatoms. The van der Waals surface area contributed by atoms with Crippen molar-refractivity contribution in [1.29, 1.82) is 0 Å². The maximum Gasteiger partial charge on any atom is 0.329 e. The number of carbonyl (C=O) groups excluding carboxylic acids is 3. The van der Waals surface area contributed by atoms with Crippen LogP contribution in [0.5, 0.6) is 5.75 Å². The van der Waals surface area contributed by atoms with Crippen molar-refractivity contribution >= 4 is 33.9 Å². The molecule has 0 spiro atoms. The van der Waals surface area contributed by atoms with Gasteiger partial charge in [0.15, 0.2) is 0 Å². The molecule has 1 atom stereocenters. The Morgan fingerprint density at radius 3 is 2.35 bits per heavy atom. The first kappa shape index (κ1) is 27.4. The summed E-state index contributed by atoms with van der Waals surface area (Å²) in [5, 5.41) is 12.5. The topological polar surface area (TPSA) is 133 Å². The van der Waals surface area contributed by atoms with Crippen LogP contribution in [0.1, 0.15) is 23.6 Å². The number of sulfonamides is 1. The minimum absolute atomic E-state index is 0.0315. The van der Waals surface area contributed by atoms with E-state index in [0.717, 1.165) is 5.56 Å². The number of phenols is 1. The highest BCUT2D eigenvalue weighted by molar-refractivity contribution is 7.90. The highest BCUT2D eigenvalue weighted by Crippen LogP contribution is 2.25. The van der Waals surface area contributed by atoms with E-state index in [0.29, 0.717) is 23.1 Å². The fourth-order valence-corrected chi connectivity index (χ4v) is 5.08. The quantitative estimate of drug-likeness (QED) is 0.350. The Morgan fingerprint density at radius 2 is 1.70 bits per heavy atom. The standard InChI is InChI=1S/C27H29N3O6S/c1-3-30(22-13-14-24(32)21(18-22)15-16-31)26(33)23(17-20-10-5-4-6-11-20)28-27(34)29-37(35,36)25-12-8-7-9-19(25)2/h4-14,16,18,23,32H,3,15,17H2,1-2H3,(H2,28,29,34)/t23-/m0/s1. The molecule has 3 rings (SSSR count). The van der Waals surface area contributed by atoms with E-state index in [1.165, 1.54) is 29.2 Å². The summed E-state index contributed by atoms with van der Waals surface area (Å²) in [6.07, 6.45) is 0.722.